The van der Waals surface area contributed by atoms with Crippen molar-refractivity contribution in [1.82, 2.24) is 10.2 Å². The number of nitrogens with zero attached hydrogens (tertiary/aromatic N) is 1. The highest BCUT2D eigenvalue weighted by Crippen LogP contribution is 2.32. The van der Waals surface area contributed by atoms with Gasteiger partial charge in [-0.05, 0) is 48.9 Å². The Bertz CT molecular complexity index is 703. The summed E-state index contributed by atoms with van der Waals surface area (Å²) < 4.78 is 0. The van der Waals surface area contributed by atoms with Crippen LogP contribution in [0, 0.1) is 0 Å². The molecule has 2 aliphatic rings. The lowest BCUT2D eigenvalue weighted by molar-refractivity contribution is -0.131. The summed E-state index contributed by atoms with van der Waals surface area (Å²) >= 11 is 0. The minimum atomic E-state index is 0.353. The van der Waals surface area contributed by atoms with E-state index in [1.807, 2.05) is 6.07 Å². The Morgan fingerprint density at radius 1 is 0.960 bits per heavy atom. The molecule has 1 N–H and O–H groups in total. The average molecular weight is 334 g/mol. The summed E-state index contributed by atoms with van der Waals surface area (Å²) in [5, 5.41) is 3.53. The topological polar surface area (TPSA) is 32.3 Å². The van der Waals surface area contributed by atoms with Gasteiger partial charge in [-0.15, -0.1) is 0 Å². The molecule has 0 radical (unpaired) electrons. The quantitative estimate of drug-likeness (QED) is 0.822. The van der Waals surface area contributed by atoms with Crippen LogP contribution in [0.25, 0.3) is 0 Å². The van der Waals surface area contributed by atoms with Gasteiger partial charge >= 0.3 is 0 Å². The molecule has 4 rings (SSSR count). The van der Waals surface area contributed by atoms with Crippen LogP contribution in [0.15, 0.2) is 54.6 Å². The van der Waals surface area contributed by atoms with Gasteiger partial charge in [-0.1, -0.05) is 54.6 Å². The first-order valence-electron chi connectivity index (χ1n) is 9.44. The number of amides is 1. The lowest BCUT2D eigenvalue weighted by atomic mass is 10.1. The monoisotopic (exact) mass is 334 g/mol. The standard InChI is InChI=1S/C22H26N2O/c25-22-11-10-20(12-13-23-16-17-6-2-1-3-7-17)24(22)21-14-18-8-4-5-9-19(18)15-21/h1-9,20-21,23H,10-16H2. The van der Waals surface area contributed by atoms with E-state index in [9.17, 15) is 4.79 Å². The Labute approximate surface area is 150 Å². The maximum absolute atomic E-state index is 12.5. The zero-order valence-electron chi connectivity index (χ0n) is 14.7. The van der Waals surface area contributed by atoms with Crippen LogP contribution >= 0.6 is 0 Å². The van der Waals surface area contributed by atoms with E-state index >= 15 is 0 Å². The van der Waals surface area contributed by atoms with Crippen molar-refractivity contribution in [2.24, 2.45) is 0 Å². The predicted octanol–water partition coefficient (Wildman–Crippen LogP) is 3.32. The molecule has 3 heteroatoms. The number of fused-ring (bicyclic) bond motifs is 1. The molecule has 1 unspecified atom stereocenters. The van der Waals surface area contributed by atoms with Crippen LogP contribution in [0.1, 0.15) is 36.0 Å². The molecule has 3 nitrogen and oxygen atoms in total. The second-order valence-electron chi connectivity index (χ2n) is 7.28. The second kappa shape index (κ2) is 7.40. The lowest BCUT2D eigenvalue weighted by Gasteiger charge is -2.31. The molecular formula is C22H26N2O. The summed E-state index contributed by atoms with van der Waals surface area (Å²) in [7, 11) is 0. The number of carbonyl (C=O) groups excluding carboxylic acids is 1. The van der Waals surface area contributed by atoms with Crippen LogP contribution in [0.4, 0.5) is 0 Å². The third kappa shape index (κ3) is 3.62. The fraction of sp³-hybridized carbons (Fsp3) is 0.409. The molecule has 2 aromatic rings. The number of nitrogens with one attached hydrogen (secondary N) is 1. The van der Waals surface area contributed by atoms with E-state index in [4.69, 9.17) is 0 Å². The first kappa shape index (κ1) is 16.3. The molecule has 1 atom stereocenters. The van der Waals surface area contributed by atoms with E-state index in [0.717, 1.165) is 45.2 Å². The zero-order chi connectivity index (χ0) is 17.1. The SMILES string of the molecule is O=C1CCC(CCNCc2ccccc2)N1C1Cc2ccccc2C1. The summed E-state index contributed by atoms with van der Waals surface area (Å²) in [6, 6.07) is 19.9. The Morgan fingerprint density at radius 3 is 2.36 bits per heavy atom. The molecule has 1 aliphatic heterocycles. The fourth-order valence-corrected chi connectivity index (χ4v) is 4.38. The van der Waals surface area contributed by atoms with Crippen molar-refractivity contribution < 1.29 is 4.79 Å². The first-order valence-corrected chi connectivity index (χ1v) is 9.44. The van der Waals surface area contributed by atoms with Crippen molar-refractivity contribution in [1.29, 1.82) is 0 Å². The molecule has 0 aromatic heterocycles. The van der Waals surface area contributed by atoms with Crippen LogP contribution in [0.2, 0.25) is 0 Å². The summed E-state index contributed by atoms with van der Waals surface area (Å²) in [5.41, 5.74) is 4.16. The van der Waals surface area contributed by atoms with Crippen molar-refractivity contribution in [2.45, 2.75) is 50.7 Å². The van der Waals surface area contributed by atoms with Crippen LogP contribution in [-0.4, -0.2) is 29.4 Å². The summed E-state index contributed by atoms with van der Waals surface area (Å²) in [6.45, 7) is 1.86. The van der Waals surface area contributed by atoms with Crippen molar-refractivity contribution >= 4 is 5.91 Å². The molecule has 1 amide bonds. The molecular weight excluding hydrogens is 308 g/mol. The third-order valence-corrected chi connectivity index (χ3v) is 5.62. The largest absolute Gasteiger partial charge is 0.336 e. The maximum atomic E-state index is 12.5. The second-order valence-corrected chi connectivity index (χ2v) is 7.28. The van der Waals surface area contributed by atoms with E-state index in [1.54, 1.807) is 0 Å². The van der Waals surface area contributed by atoms with Crippen molar-refractivity contribution in [3.63, 3.8) is 0 Å². The highest BCUT2D eigenvalue weighted by atomic mass is 16.2. The molecule has 0 saturated carbocycles. The van der Waals surface area contributed by atoms with Gasteiger partial charge in [0.2, 0.25) is 5.91 Å². The highest BCUT2D eigenvalue weighted by Gasteiger charge is 2.38. The fourth-order valence-electron chi connectivity index (χ4n) is 4.38. The lowest BCUT2D eigenvalue weighted by Crippen LogP contribution is -2.43. The van der Waals surface area contributed by atoms with Gasteiger partial charge in [0.05, 0.1) is 0 Å². The first-order chi connectivity index (χ1) is 12.3. The van der Waals surface area contributed by atoms with E-state index in [-0.39, 0.29) is 0 Å². The molecule has 1 saturated heterocycles. The number of rotatable bonds is 6. The minimum absolute atomic E-state index is 0.353. The zero-order valence-corrected chi connectivity index (χ0v) is 14.7. The summed E-state index contributed by atoms with van der Waals surface area (Å²) in [4.78, 5) is 14.7. The van der Waals surface area contributed by atoms with Gasteiger partial charge in [0.25, 0.3) is 0 Å². The molecule has 130 valence electrons. The van der Waals surface area contributed by atoms with Gasteiger partial charge in [0.15, 0.2) is 0 Å². The smallest absolute Gasteiger partial charge is 0.223 e. The number of benzene rings is 2. The van der Waals surface area contributed by atoms with E-state index < -0.39 is 0 Å². The molecule has 25 heavy (non-hydrogen) atoms. The Balaban J connectivity index is 1.32. The van der Waals surface area contributed by atoms with Crippen LogP contribution in [-0.2, 0) is 24.2 Å². The molecule has 0 bridgehead atoms. The van der Waals surface area contributed by atoms with Gasteiger partial charge in [-0.25, -0.2) is 0 Å². The van der Waals surface area contributed by atoms with E-state index in [0.29, 0.717) is 18.0 Å². The normalized spacial score (nSPS) is 20.2. The molecule has 1 fully saturated rings. The van der Waals surface area contributed by atoms with Crippen LogP contribution in [0.5, 0.6) is 0 Å². The van der Waals surface area contributed by atoms with Gasteiger partial charge < -0.3 is 10.2 Å². The van der Waals surface area contributed by atoms with Crippen LogP contribution < -0.4 is 5.32 Å². The summed E-state index contributed by atoms with van der Waals surface area (Å²) in [6.07, 6.45) is 4.83. The maximum Gasteiger partial charge on any atom is 0.223 e. The number of hydrogen-bond donors (Lipinski definition) is 1. The van der Waals surface area contributed by atoms with Gasteiger partial charge in [-0.3, -0.25) is 4.79 Å². The third-order valence-electron chi connectivity index (χ3n) is 5.62. The average Bonchev–Trinajstić information content (AvgIpc) is 3.22. The Hall–Kier alpha value is -2.13. The Kier molecular flexibility index (Phi) is 4.84. The van der Waals surface area contributed by atoms with Crippen molar-refractivity contribution in [2.75, 3.05) is 6.54 Å². The summed E-state index contributed by atoms with van der Waals surface area (Å²) in [5.74, 6) is 0.353. The number of hydrogen-bond acceptors (Lipinski definition) is 2. The Morgan fingerprint density at radius 2 is 1.64 bits per heavy atom. The number of likely N-dealkylation sites (tertiary alicyclic amines) is 1. The van der Waals surface area contributed by atoms with Gasteiger partial charge in [0.1, 0.15) is 0 Å². The predicted molar refractivity (Wildman–Crippen MR) is 100 cm³/mol. The highest BCUT2D eigenvalue weighted by molar-refractivity contribution is 5.79. The molecule has 2 aromatic carbocycles. The molecule has 0 spiro atoms. The van der Waals surface area contributed by atoms with Gasteiger partial charge in [-0.2, -0.15) is 0 Å². The van der Waals surface area contributed by atoms with E-state index in [1.165, 1.54) is 16.7 Å². The van der Waals surface area contributed by atoms with Crippen molar-refractivity contribution in [3.8, 4) is 0 Å². The minimum Gasteiger partial charge on any atom is -0.336 e. The van der Waals surface area contributed by atoms with Crippen molar-refractivity contribution in [3.05, 3.63) is 71.3 Å². The number of carbonyl (C=O) groups is 1. The molecule has 1 aliphatic carbocycles. The van der Waals surface area contributed by atoms with E-state index in [2.05, 4.69) is 58.7 Å². The van der Waals surface area contributed by atoms with Crippen LogP contribution in [0.3, 0.4) is 0 Å². The molecule has 1 heterocycles. The van der Waals surface area contributed by atoms with Gasteiger partial charge in [0, 0.05) is 25.0 Å².